The van der Waals surface area contributed by atoms with Crippen LogP contribution in [0.4, 0.5) is 8.78 Å². The highest BCUT2D eigenvalue weighted by Crippen LogP contribution is 2.20. The van der Waals surface area contributed by atoms with E-state index >= 15 is 0 Å². The van der Waals surface area contributed by atoms with Crippen LogP contribution in [0.25, 0.3) is 0 Å². The molecule has 1 aliphatic carbocycles. The van der Waals surface area contributed by atoms with Gasteiger partial charge in [0.05, 0.1) is 0 Å². The lowest BCUT2D eigenvalue weighted by Gasteiger charge is -2.09. The van der Waals surface area contributed by atoms with Gasteiger partial charge >= 0.3 is 6.61 Å². The van der Waals surface area contributed by atoms with Crippen LogP contribution in [0.5, 0.6) is 5.75 Å². The molecule has 0 spiro atoms. The molecule has 0 bridgehead atoms. The number of carbonyl (C=O) groups excluding carboxylic acids is 1. The van der Waals surface area contributed by atoms with Gasteiger partial charge in [-0.2, -0.15) is 8.78 Å². The van der Waals surface area contributed by atoms with E-state index in [1.165, 1.54) is 12.1 Å². The van der Waals surface area contributed by atoms with Crippen LogP contribution in [-0.4, -0.2) is 19.1 Å². The highest BCUT2D eigenvalue weighted by Gasteiger charge is 2.13. The maximum atomic E-state index is 12.0. The van der Waals surface area contributed by atoms with Crippen LogP contribution < -0.4 is 10.1 Å². The molecule has 3 nitrogen and oxygen atoms in total. The molecule has 1 aromatic carbocycles. The van der Waals surface area contributed by atoms with E-state index in [0.29, 0.717) is 25.3 Å². The average Bonchev–Trinajstić information content (AvgIpc) is 2.93. The van der Waals surface area contributed by atoms with Gasteiger partial charge in [-0.25, -0.2) is 0 Å². The monoisotopic (exact) mass is 295 g/mol. The summed E-state index contributed by atoms with van der Waals surface area (Å²) in [5.74, 6) is 0.575. The van der Waals surface area contributed by atoms with Gasteiger partial charge in [-0.05, 0) is 42.9 Å². The van der Waals surface area contributed by atoms with Crippen LogP contribution in [0.2, 0.25) is 0 Å². The number of alkyl halides is 2. The minimum Gasteiger partial charge on any atom is -0.435 e. The molecule has 0 saturated carbocycles. The highest BCUT2D eigenvalue weighted by atomic mass is 19.3. The first-order valence-electron chi connectivity index (χ1n) is 7.10. The van der Waals surface area contributed by atoms with Crippen molar-refractivity contribution in [1.82, 2.24) is 5.32 Å². The Hall–Kier alpha value is -1.91. The van der Waals surface area contributed by atoms with Crippen molar-refractivity contribution in [3.63, 3.8) is 0 Å². The molecule has 114 valence electrons. The number of allylic oxidation sites excluding steroid dienone is 2. The van der Waals surface area contributed by atoms with E-state index < -0.39 is 6.61 Å². The maximum Gasteiger partial charge on any atom is 0.387 e. The van der Waals surface area contributed by atoms with Crippen molar-refractivity contribution < 1.29 is 18.3 Å². The summed E-state index contributed by atoms with van der Waals surface area (Å²) in [4.78, 5) is 11.7. The van der Waals surface area contributed by atoms with Crippen LogP contribution in [0.3, 0.4) is 0 Å². The van der Waals surface area contributed by atoms with Crippen LogP contribution in [0.15, 0.2) is 36.4 Å². The van der Waals surface area contributed by atoms with Crippen LogP contribution >= 0.6 is 0 Å². The third kappa shape index (κ3) is 5.53. The first-order valence-corrected chi connectivity index (χ1v) is 7.10. The number of halogens is 2. The number of benzene rings is 1. The van der Waals surface area contributed by atoms with Crippen molar-refractivity contribution in [1.29, 1.82) is 0 Å². The van der Waals surface area contributed by atoms with Crippen LogP contribution in [-0.2, 0) is 11.2 Å². The zero-order valence-corrected chi connectivity index (χ0v) is 11.7. The largest absolute Gasteiger partial charge is 0.435 e. The Morgan fingerprint density at radius 1 is 1.33 bits per heavy atom. The lowest BCUT2D eigenvalue weighted by atomic mass is 10.1. The van der Waals surface area contributed by atoms with Gasteiger partial charge in [-0.15, -0.1) is 0 Å². The van der Waals surface area contributed by atoms with Gasteiger partial charge in [0.2, 0.25) is 5.91 Å². The van der Waals surface area contributed by atoms with Gasteiger partial charge in [-0.1, -0.05) is 24.3 Å². The van der Waals surface area contributed by atoms with Gasteiger partial charge < -0.3 is 10.1 Å². The molecule has 1 aromatic rings. The minimum absolute atomic E-state index is 0.0594. The maximum absolute atomic E-state index is 12.0. The third-order valence-corrected chi connectivity index (χ3v) is 3.44. The second-order valence-electron chi connectivity index (χ2n) is 5.09. The molecular weight excluding hydrogens is 276 g/mol. The topological polar surface area (TPSA) is 38.3 Å². The fourth-order valence-electron chi connectivity index (χ4n) is 2.36. The van der Waals surface area contributed by atoms with Crippen molar-refractivity contribution >= 4 is 5.91 Å². The molecule has 1 atom stereocenters. The lowest BCUT2D eigenvalue weighted by Crippen LogP contribution is -2.26. The van der Waals surface area contributed by atoms with E-state index in [4.69, 9.17) is 0 Å². The molecule has 2 rings (SSSR count). The van der Waals surface area contributed by atoms with Gasteiger partial charge in [-0.3, -0.25) is 4.79 Å². The highest BCUT2D eigenvalue weighted by molar-refractivity contribution is 5.76. The van der Waals surface area contributed by atoms with Crippen molar-refractivity contribution in [3.8, 4) is 5.75 Å². The molecule has 1 aliphatic rings. The summed E-state index contributed by atoms with van der Waals surface area (Å²) in [6, 6.07) is 6.46. The summed E-state index contributed by atoms with van der Waals surface area (Å²) >= 11 is 0. The Morgan fingerprint density at radius 2 is 2.10 bits per heavy atom. The second-order valence-corrected chi connectivity index (χ2v) is 5.09. The summed E-state index contributed by atoms with van der Waals surface area (Å²) in [6.07, 6.45) is 7.53. The van der Waals surface area contributed by atoms with Crippen LogP contribution in [0.1, 0.15) is 24.8 Å². The molecule has 1 amide bonds. The summed E-state index contributed by atoms with van der Waals surface area (Å²) in [5, 5.41) is 2.88. The Bertz CT molecular complexity index is 486. The average molecular weight is 295 g/mol. The molecule has 0 fully saturated rings. The fraction of sp³-hybridized carbons (Fsp3) is 0.438. The second kappa shape index (κ2) is 7.76. The minimum atomic E-state index is -2.81. The van der Waals surface area contributed by atoms with Gasteiger partial charge in [0.15, 0.2) is 0 Å². The summed E-state index contributed by atoms with van der Waals surface area (Å²) in [7, 11) is 0. The number of hydrogen-bond donors (Lipinski definition) is 1. The molecule has 0 radical (unpaired) electrons. The first-order chi connectivity index (χ1) is 10.1. The summed E-state index contributed by atoms with van der Waals surface area (Å²) in [5.41, 5.74) is 0.970. The molecule has 1 N–H and O–H groups in total. The van der Waals surface area contributed by atoms with E-state index in [0.717, 1.165) is 18.4 Å². The number of nitrogens with one attached hydrogen (secondary N) is 1. The Balaban J connectivity index is 1.68. The lowest BCUT2D eigenvalue weighted by molar-refractivity contribution is -0.121. The van der Waals surface area contributed by atoms with Crippen molar-refractivity contribution in [2.45, 2.75) is 32.3 Å². The number of ether oxygens (including phenoxy) is 1. The number of rotatable bonds is 7. The molecule has 5 heteroatoms. The van der Waals surface area contributed by atoms with E-state index in [-0.39, 0.29) is 11.7 Å². The molecule has 0 saturated heterocycles. The van der Waals surface area contributed by atoms with Gasteiger partial charge in [0.1, 0.15) is 5.75 Å². The predicted octanol–water partition coefficient (Wildman–Crippen LogP) is 3.30. The zero-order valence-electron chi connectivity index (χ0n) is 11.7. The van der Waals surface area contributed by atoms with Crippen LogP contribution in [0, 0.1) is 5.92 Å². The first kappa shape index (κ1) is 15.5. The van der Waals surface area contributed by atoms with E-state index in [2.05, 4.69) is 22.2 Å². The third-order valence-electron chi connectivity index (χ3n) is 3.44. The SMILES string of the molecule is O=C(CC1C=CCC1)NCCc1ccc(OC(F)F)cc1. The van der Waals surface area contributed by atoms with E-state index in [9.17, 15) is 13.6 Å². The van der Waals surface area contributed by atoms with Gasteiger partial charge in [0, 0.05) is 13.0 Å². The Morgan fingerprint density at radius 3 is 2.71 bits per heavy atom. The Kier molecular flexibility index (Phi) is 5.72. The van der Waals surface area contributed by atoms with Crippen molar-refractivity contribution in [2.75, 3.05) is 6.54 Å². The molecule has 0 heterocycles. The van der Waals surface area contributed by atoms with Crippen molar-refractivity contribution in [3.05, 3.63) is 42.0 Å². The quantitative estimate of drug-likeness (QED) is 0.784. The summed E-state index contributed by atoms with van der Waals surface area (Å²) in [6.45, 7) is -2.26. The van der Waals surface area contributed by atoms with Crippen molar-refractivity contribution in [2.24, 2.45) is 5.92 Å². The zero-order chi connectivity index (χ0) is 15.1. The fourth-order valence-corrected chi connectivity index (χ4v) is 2.36. The Labute approximate surface area is 123 Å². The van der Waals surface area contributed by atoms with E-state index in [1.807, 2.05) is 0 Å². The molecule has 0 aromatic heterocycles. The normalized spacial score (nSPS) is 17.2. The molecule has 21 heavy (non-hydrogen) atoms. The smallest absolute Gasteiger partial charge is 0.387 e. The molecule has 1 unspecified atom stereocenters. The molecular formula is C16H19F2NO2. The number of hydrogen-bond acceptors (Lipinski definition) is 2. The summed E-state index contributed by atoms with van der Waals surface area (Å²) < 4.78 is 28.3. The molecule has 0 aliphatic heterocycles. The standard InChI is InChI=1S/C16H19F2NO2/c17-16(18)21-14-7-5-12(6-8-14)9-10-19-15(20)11-13-3-1-2-4-13/h1,3,5-8,13,16H,2,4,9-11H2,(H,19,20). The number of carbonyl (C=O) groups is 1. The van der Waals surface area contributed by atoms with E-state index in [1.54, 1.807) is 12.1 Å². The number of amides is 1. The van der Waals surface area contributed by atoms with Gasteiger partial charge in [0.25, 0.3) is 0 Å². The predicted molar refractivity (Wildman–Crippen MR) is 76.3 cm³/mol.